The highest BCUT2D eigenvalue weighted by molar-refractivity contribution is 5.31. The summed E-state index contributed by atoms with van der Waals surface area (Å²) in [5.74, 6) is 2.49. The molecule has 1 aliphatic carbocycles. The average molecular weight is 288 g/mol. The molecule has 0 unspecified atom stereocenters. The van der Waals surface area contributed by atoms with Gasteiger partial charge in [-0.2, -0.15) is 5.10 Å². The van der Waals surface area contributed by atoms with E-state index in [9.17, 15) is 0 Å². The van der Waals surface area contributed by atoms with Crippen molar-refractivity contribution in [2.45, 2.75) is 32.0 Å². The van der Waals surface area contributed by atoms with Crippen molar-refractivity contribution >= 4 is 0 Å². The van der Waals surface area contributed by atoms with Crippen molar-refractivity contribution in [1.29, 1.82) is 0 Å². The van der Waals surface area contributed by atoms with Crippen molar-refractivity contribution in [3.8, 4) is 11.5 Å². The second kappa shape index (κ2) is 6.58. The third kappa shape index (κ3) is 4.19. The van der Waals surface area contributed by atoms with E-state index in [1.165, 1.54) is 12.8 Å². The van der Waals surface area contributed by atoms with E-state index in [0.29, 0.717) is 19.2 Å². The molecule has 1 saturated carbocycles. The SMILES string of the molecule is COc1ccc(OCCn2cnc(CNC3CC3)n2)cc1. The molecule has 1 aliphatic rings. The zero-order chi connectivity index (χ0) is 14.5. The Balaban J connectivity index is 1.41. The molecule has 1 aromatic heterocycles. The van der Waals surface area contributed by atoms with Crippen LogP contribution in [0.1, 0.15) is 18.7 Å². The van der Waals surface area contributed by atoms with Crippen LogP contribution in [0.3, 0.4) is 0 Å². The Morgan fingerprint density at radius 3 is 2.71 bits per heavy atom. The number of aromatic nitrogens is 3. The molecule has 0 radical (unpaired) electrons. The first-order chi connectivity index (χ1) is 10.3. The van der Waals surface area contributed by atoms with E-state index in [0.717, 1.165) is 23.9 Å². The summed E-state index contributed by atoms with van der Waals surface area (Å²) < 4.78 is 12.6. The van der Waals surface area contributed by atoms with Gasteiger partial charge in [0.2, 0.25) is 0 Å². The maximum absolute atomic E-state index is 5.67. The Hall–Kier alpha value is -2.08. The second-order valence-corrected chi connectivity index (χ2v) is 5.10. The van der Waals surface area contributed by atoms with Crippen molar-refractivity contribution in [2.24, 2.45) is 0 Å². The van der Waals surface area contributed by atoms with Crippen LogP contribution >= 0.6 is 0 Å². The van der Waals surface area contributed by atoms with Gasteiger partial charge in [-0.25, -0.2) is 9.67 Å². The van der Waals surface area contributed by atoms with Crippen LogP contribution in [0, 0.1) is 0 Å². The van der Waals surface area contributed by atoms with Crippen molar-refractivity contribution in [3.63, 3.8) is 0 Å². The van der Waals surface area contributed by atoms with Gasteiger partial charge in [0, 0.05) is 6.04 Å². The Labute approximate surface area is 124 Å². The van der Waals surface area contributed by atoms with Crippen LogP contribution in [0.5, 0.6) is 11.5 Å². The fraction of sp³-hybridized carbons (Fsp3) is 0.467. The van der Waals surface area contributed by atoms with Gasteiger partial charge >= 0.3 is 0 Å². The summed E-state index contributed by atoms with van der Waals surface area (Å²) in [6.45, 7) is 1.99. The largest absolute Gasteiger partial charge is 0.497 e. The van der Waals surface area contributed by atoms with E-state index in [1.807, 2.05) is 28.9 Å². The quantitative estimate of drug-likeness (QED) is 0.800. The molecule has 0 saturated heterocycles. The zero-order valence-corrected chi connectivity index (χ0v) is 12.2. The van der Waals surface area contributed by atoms with Crippen molar-refractivity contribution in [2.75, 3.05) is 13.7 Å². The van der Waals surface area contributed by atoms with Crippen LogP contribution in [0.25, 0.3) is 0 Å². The molecule has 0 atom stereocenters. The summed E-state index contributed by atoms with van der Waals surface area (Å²) in [5.41, 5.74) is 0. The number of hydrogen-bond donors (Lipinski definition) is 1. The molecular formula is C15H20N4O2. The highest BCUT2D eigenvalue weighted by atomic mass is 16.5. The number of nitrogens with zero attached hydrogens (tertiary/aromatic N) is 3. The number of benzene rings is 1. The van der Waals surface area contributed by atoms with Crippen LogP contribution in [0.2, 0.25) is 0 Å². The number of rotatable bonds is 8. The molecule has 0 aliphatic heterocycles. The molecule has 2 aromatic rings. The van der Waals surface area contributed by atoms with E-state index in [2.05, 4.69) is 15.4 Å². The number of hydrogen-bond acceptors (Lipinski definition) is 5. The second-order valence-electron chi connectivity index (χ2n) is 5.10. The van der Waals surface area contributed by atoms with E-state index >= 15 is 0 Å². The van der Waals surface area contributed by atoms with Crippen LogP contribution in [0.15, 0.2) is 30.6 Å². The smallest absolute Gasteiger partial charge is 0.164 e. The first kappa shape index (κ1) is 13.9. The monoisotopic (exact) mass is 288 g/mol. The molecule has 6 nitrogen and oxygen atoms in total. The Kier molecular flexibility index (Phi) is 4.35. The molecular weight excluding hydrogens is 268 g/mol. The summed E-state index contributed by atoms with van der Waals surface area (Å²) in [5, 5.41) is 7.81. The number of ether oxygens (including phenoxy) is 2. The summed E-state index contributed by atoms with van der Waals surface area (Å²) in [7, 11) is 1.65. The topological polar surface area (TPSA) is 61.2 Å². The van der Waals surface area contributed by atoms with E-state index in [1.54, 1.807) is 13.4 Å². The predicted octanol–water partition coefficient (Wildman–Crippen LogP) is 1.62. The fourth-order valence-electron chi connectivity index (χ4n) is 1.97. The minimum atomic E-state index is 0.561. The summed E-state index contributed by atoms with van der Waals surface area (Å²) in [4.78, 5) is 4.28. The molecule has 0 bridgehead atoms. The first-order valence-corrected chi connectivity index (χ1v) is 7.22. The molecule has 1 aromatic carbocycles. The van der Waals surface area contributed by atoms with E-state index in [-0.39, 0.29) is 0 Å². The van der Waals surface area contributed by atoms with Gasteiger partial charge in [-0.1, -0.05) is 0 Å². The number of methoxy groups -OCH3 is 1. The lowest BCUT2D eigenvalue weighted by Gasteiger charge is -2.06. The van der Waals surface area contributed by atoms with Gasteiger partial charge in [-0.05, 0) is 37.1 Å². The van der Waals surface area contributed by atoms with Gasteiger partial charge in [-0.3, -0.25) is 0 Å². The van der Waals surface area contributed by atoms with E-state index < -0.39 is 0 Å². The molecule has 0 spiro atoms. The molecule has 1 fully saturated rings. The van der Waals surface area contributed by atoms with Crippen LogP contribution < -0.4 is 14.8 Å². The zero-order valence-electron chi connectivity index (χ0n) is 12.2. The van der Waals surface area contributed by atoms with Crippen molar-refractivity contribution in [3.05, 3.63) is 36.4 Å². The lowest BCUT2D eigenvalue weighted by atomic mass is 10.3. The summed E-state index contributed by atoms with van der Waals surface area (Å²) >= 11 is 0. The first-order valence-electron chi connectivity index (χ1n) is 7.22. The summed E-state index contributed by atoms with van der Waals surface area (Å²) in [6, 6.07) is 8.23. The average Bonchev–Trinajstić information content (AvgIpc) is 3.25. The molecule has 112 valence electrons. The molecule has 0 amide bonds. The Morgan fingerprint density at radius 1 is 1.24 bits per heavy atom. The van der Waals surface area contributed by atoms with Gasteiger partial charge in [0.15, 0.2) is 5.82 Å². The maximum Gasteiger partial charge on any atom is 0.164 e. The lowest BCUT2D eigenvalue weighted by Crippen LogP contribution is -2.17. The predicted molar refractivity (Wildman–Crippen MR) is 78.4 cm³/mol. The van der Waals surface area contributed by atoms with Gasteiger partial charge in [0.25, 0.3) is 0 Å². The molecule has 21 heavy (non-hydrogen) atoms. The normalized spacial score (nSPS) is 14.1. The molecule has 6 heteroatoms. The van der Waals surface area contributed by atoms with Gasteiger partial charge in [-0.15, -0.1) is 0 Å². The Bertz CT molecular complexity index is 563. The number of nitrogens with one attached hydrogen (secondary N) is 1. The molecule has 1 heterocycles. The lowest BCUT2D eigenvalue weighted by molar-refractivity contribution is 0.290. The Morgan fingerprint density at radius 2 is 2.00 bits per heavy atom. The molecule has 1 N–H and O–H groups in total. The maximum atomic E-state index is 5.67. The summed E-state index contributed by atoms with van der Waals surface area (Å²) in [6.07, 6.45) is 4.30. The standard InChI is InChI=1S/C15H20N4O2/c1-20-13-4-6-14(7-5-13)21-9-8-19-11-17-15(18-19)10-16-12-2-3-12/h4-7,11-12,16H,2-3,8-10H2,1H3. The van der Waals surface area contributed by atoms with Gasteiger partial charge in [0.1, 0.15) is 24.4 Å². The van der Waals surface area contributed by atoms with Crippen LogP contribution in [-0.4, -0.2) is 34.5 Å². The highest BCUT2D eigenvalue weighted by Crippen LogP contribution is 2.19. The minimum Gasteiger partial charge on any atom is -0.497 e. The fourth-order valence-corrected chi connectivity index (χ4v) is 1.97. The van der Waals surface area contributed by atoms with Crippen molar-refractivity contribution < 1.29 is 9.47 Å². The molecule has 3 rings (SSSR count). The van der Waals surface area contributed by atoms with Crippen LogP contribution in [-0.2, 0) is 13.1 Å². The van der Waals surface area contributed by atoms with Gasteiger partial charge in [0.05, 0.1) is 20.2 Å². The third-order valence-corrected chi connectivity index (χ3v) is 3.36. The highest BCUT2D eigenvalue weighted by Gasteiger charge is 2.20. The third-order valence-electron chi connectivity index (χ3n) is 3.36. The van der Waals surface area contributed by atoms with Crippen molar-refractivity contribution in [1.82, 2.24) is 20.1 Å². The van der Waals surface area contributed by atoms with Crippen LogP contribution in [0.4, 0.5) is 0 Å². The van der Waals surface area contributed by atoms with E-state index in [4.69, 9.17) is 9.47 Å². The minimum absolute atomic E-state index is 0.561. The van der Waals surface area contributed by atoms with Gasteiger partial charge < -0.3 is 14.8 Å².